The fourth-order valence-electron chi connectivity index (χ4n) is 2.12. The van der Waals surface area contributed by atoms with E-state index < -0.39 is 23.7 Å². The molecule has 0 saturated carbocycles. The lowest BCUT2D eigenvalue weighted by Crippen LogP contribution is -2.46. The molecule has 1 aromatic rings. The highest BCUT2D eigenvalue weighted by atomic mass is 16.6. The molecule has 0 spiro atoms. The molecule has 25 heavy (non-hydrogen) atoms. The Bertz CT molecular complexity index is 574. The number of benzene rings is 1. The molecule has 6 heteroatoms. The zero-order valence-electron chi connectivity index (χ0n) is 16.3. The smallest absolute Gasteiger partial charge is 0.408 e. The van der Waals surface area contributed by atoms with Crippen LogP contribution < -0.4 is 10.2 Å². The Morgan fingerprint density at radius 3 is 2.12 bits per heavy atom. The van der Waals surface area contributed by atoms with E-state index in [1.165, 1.54) is 0 Å². The van der Waals surface area contributed by atoms with Gasteiger partial charge in [-0.05, 0) is 52.3 Å². The van der Waals surface area contributed by atoms with Crippen molar-refractivity contribution < 1.29 is 19.1 Å². The Hall–Kier alpha value is -2.24. The van der Waals surface area contributed by atoms with Gasteiger partial charge in [0, 0.05) is 26.2 Å². The quantitative estimate of drug-likeness (QED) is 0.798. The third-order valence-corrected chi connectivity index (χ3v) is 3.22. The lowest BCUT2D eigenvalue weighted by atomic mass is 10.1. The van der Waals surface area contributed by atoms with Crippen molar-refractivity contribution >= 4 is 17.7 Å². The third-order valence-electron chi connectivity index (χ3n) is 3.22. The number of ether oxygens (including phenoxy) is 2. The molecule has 1 N–H and O–H groups in total. The van der Waals surface area contributed by atoms with E-state index in [9.17, 15) is 9.59 Å². The predicted molar refractivity (Wildman–Crippen MR) is 98.9 cm³/mol. The normalized spacial score (nSPS) is 12.5. The number of anilines is 1. The molecule has 6 nitrogen and oxygen atoms in total. The molecule has 1 rings (SSSR count). The lowest BCUT2D eigenvalue weighted by molar-refractivity contribution is -0.149. The van der Waals surface area contributed by atoms with Crippen molar-refractivity contribution in [2.45, 2.75) is 58.8 Å². The van der Waals surface area contributed by atoms with Crippen LogP contribution in [0, 0.1) is 0 Å². The van der Waals surface area contributed by atoms with Gasteiger partial charge in [-0.2, -0.15) is 0 Å². The molecular weight excluding hydrogens is 320 g/mol. The molecule has 1 unspecified atom stereocenters. The number of carbonyl (C=O) groups is 2. The summed E-state index contributed by atoms with van der Waals surface area (Å²) >= 11 is 0. The maximum absolute atomic E-state index is 12.3. The van der Waals surface area contributed by atoms with E-state index in [1.54, 1.807) is 34.6 Å². The fraction of sp³-hybridized carbons (Fsp3) is 0.579. The first-order chi connectivity index (χ1) is 11.5. The first-order valence-corrected chi connectivity index (χ1v) is 8.44. The van der Waals surface area contributed by atoms with Crippen LogP contribution in [0.15, 0.2) is 24.3 Å². The minimum absolute atomic E-state index is 0.258. The van der Waals surface area contributed by atoms with E-state index in [4.69, 9.17) is 9.47 Å². The number of hydrogen-bond acceptors (Lipinski definition) is 5. The average molecular weight is 350 g/mol. The van der Waals surface area contributed by atoms with E-state index in [1.807, 2.05) is 43.3 Å². The van der Waals surface area contributed by atoms with Crippen LogP contribution in [0.1, 0.15) is 40.2 Å². The van der Waals surface area contributed by atoms with E-state index in [-0.39, 0.29) is 6.10 Å². The van der Waals surface area contributed by atoms with Crippen LogP contribution in [0.4, 0.5) is 10.5 Å². The van der Waals surface area contributed by atoms with Crippen molar-refractivity contribution in [1.29, 1.82) is 0 Å². The molecule has 0 aliphatic carbocycles. The van der Waals surface area contributed by atoms with Gasteiger partial charge in [0.15, 0.2) is 0 Å². The van der Waals surface area contributed by atoms with Gasteiger partial charge < -0.3 is 19.7 Å². The average Bonchev–Trinajstić information content (AvgIpc) is 2.44. The number of nitrogens with zero attached hydrogens (tertiary/aromatic N) is 1. The Kier molecular flexibility index (Phi) is 7.27. The molecule has 0 radical (unpaired) electrons. The summed E-state index contributed by atoms with van der Waals surface area (Å²) in [6.45, 7) is 8.86. The summed E-state index contributed by atoms with van der Waals surface area (Å²) in [6.07, 6.45) is -0.562. The van der Waals surface area contributed by atoms with Crippen LogP contribution in [0.3, 0.4) is 0 Å². The molecule has 0 bridgehead atoms. The molecule has 0 aliphatic rings. The van der Waals surface area contributed by atoms with Crippen molar-refractivity contribution in [2.24, 2.45) is 0 Å². The van der Waals surface area contributed by atoms with Crippen molar-refractivity contribution in [3.8, 4) is 0 Å². The minimum atomic E-state index is -0.803. The van der Waals surface area contributed by atoms with E-state index >= 15 is 0 Å². The topological polar surface area (TPSA) is 67.9 Å². The third kappa shape index (κ3) is 7.92. The molecule has 0 saturated heterocycles. The monoisotopic (exact) mass is 350 g/mol. The number of carbonyl (C=O) groups excluding carboxylic acids is 2. The van der Waals surface area contributed by atoms with Gasteiger partial charge in [0.05, 0.1) is 6.10 Å². The van der Waals surface area contributed by atoms with Crippen molar-refractivity contribution in [2.75, 3.05) is 19.0 Å². The van der Waals surface area contributed by atoms with Crippen LogP contribution in [0.2, 0.25) is 0 Å². The van der Waals surface area contributed by atoms with Crippen molar-refractivity contribution in [1.82, 2.24) is 5.32 Å². The summed E-state index contributed by atoms with van der Waals surface area (Å²) in [5.74, 6) is -0.474. The van der Waals surface area contributed by atoms with E-state index in [0.29, 0.717) is 6.42 Å². The number of alkyl carbamates (subject to hydrolysis) is 1. The molecule has 0 aromatic heterocycles. The Labute approximate surface area is 150 Å². The maximum Gasteiger partial charge on any atom is 0.408 e. The number of rotatable bonds is 6. The molecule has 1 aromatic carbocycles. The van der Waals surface area contributed by atoms with Crippen LogP contribution >= 0.6 is 0 Å². The second-order valence-electron chi connectivity index (χ2n) is 7.45. The predicted octanol–water partition coefficient (Wildman–Crippen LogP) is 3.14. The second kappa shape index (κ2) is 8.74. The van der Waals surface area contributed by atoms with Gasteiger partial charge in [-0.15, -0.1) is 0 Å². The molecule has 0 aliphatic heterocycles. The number of amides is 1. The van der Waals surface area contributed by atoms with Crippen molar-refractivity contribution in [3.05, 3.63) is 29.8 Å². The highest BCUT2D eigenvalue weighted by molar-refractivity contribution is 5.82. The Balaban J connectivity index is 2.86. The Morgan fingerprint density at radius 2 is 1.68 bits per heavy atom. The largest absolute Gasteiger partial charge is 0.461 e. The highest BCUT2D eigenvalue weighted by Crippen LogP contribution is 2.15. The summed E-state index contributed by atoms with van der Waals surface area (Å²) in [5.41, 5.74) is 1.35. The van der Waals surface area contributed by atoms with Gasteiger partial charge in [0.2, 0.25) is 0 Å². The van der Waals surface area contributed by atoms with Crippen LogP contribution in [0.25, 0.3) is 0 Å². The maximum atomic E-state index is 12.3. The standard InChI is InChI=1S/C19H30N2O4/c1-13(2)24-17(22)16(20-18(23)25-19(3,4)5)12-14-8-10-15(11-9-14)21(6)7/h8-11,13,16H,12H2,1-7H3,(H,20,23). The summed E-state index contributed by atoms with van der Waals surface area (Å²) in [7, 11) is 3.92. The zero-order valence-corrected chi connectivity index (χ0v) is 16.3. The summed E-state index contributed by atoms with van der Waals surface area (Å²) in [6, 6.07) is 6.99. The highest BCUT2D eigenvalue weighted by Gasteiger charge is 2.26. The van der Waals surface area contributed by atoms with Gasteiger partial charge in [-0.25, -0.2) is 9.59 Å². The Morgan fingerprint density at radius 1 is 1.12 bits per heavy atom. The van der Waals surface area contributed by atoms with Gasteiger partial charge in [-0.3, -0.25) is 0 Å². The molecule has 1 amide bonds. The first-order valence-electron chi connectivity index (χ1n) is 8.44. The molecule has 1 atom stereocenters. The van der Waals surface area contributed by atoms with Gasteiger partial charge in [-0.1, -0.05) is 12.1 Å². The summed E-state index contributed by atoms with van der Waals surface area (Å²) < 4.78 is 10.5. The SMILES string of the molecule is CC(C)OC(=O)C(Cc1ccc(N(C)C)cc1)NC(=O)OC(C)(C)C. The fourth-order valence-corrected chi connectivity index (χ4v) is 2.12. The molecule has 0 heterocycles. The number of esters is 1. The van der Waals surface area contributed by atoms with Crippen LogP contribution in [-0.4, -0.2) is 43.9 Å². The van der Waals surface area contributed by atoms with Gasteiger partial charge >= 0.3 is 12.1 Å². The summed E-state index contributed by atoms with van der Waals surface area (Å²) in [5, 5.41) is 2.62. The first kappa shape index (κ1) is 20.8. The molecular formula is C19H30N2O4. The van der Waals surface area contributed by atoms with E-state index in [0.717, 1.165) is 11.3 Å². The van der Waals surface area contributed by atoms with Crippen LogP contribution in [-0.2, 0) is 20.7 Å². The minimum Gasteiger partial charge on any atom is -0.461 e. The summed E-state index contributed by atoms with van der Waals surface area (Å²) in [4.78, 5) is 26.4. The number of hydrogen-bond donors (Lipinski definition) is 1. The van der Waals surface area contributed by atoms with Gasteiger partial charge in [0.1, 0.15) is 11.6 Å². The lowest BCUT2D eigenvalue weighted by Gasteiger charge is -2.23. The van der Waals surface area contributed by atoms with Crippen molar-refractivity contribution in [3.63, 3.8) is 0 Å². The second-order valence-corrected chi connectivity index (χ2v) is 7.45. The molecule has 0 fully saturated rings. The van der Waals surface area contributed by atoms with E-state index in [2.05, 4.69) is 5.32 Å². The number of nitrogens with one attached hydrogen (secondary N) is 1. The van der Waals surface area contributed by atoms with Crippen LogP contribution in [0.5, 0.6) is 0 Å². The molecule has 140 valence electrons. The van der Waals surface area contributed by atoms with Gasteiger partial charge in [0.25, 0.3) is 0 Å². The zero-order chi connectivity index (χ0) is 19.2.